The summed E-state index contributed by atoms with van der Waals surface area (Å²) in [6.45, 7) is 7.99. The summed E-state index contributed by atoms with van der Waals surface area (Å²) in [7, 11) is 4.91. The molecule has 0 radical (unpaired) electrons. The van der Waals surface area contributed by atoms with Gasteiger partial charge in [0.15, 0.2) is 0 Å². The summed E-state index contributed by atoms with van der Waals surface area (Å²) in [5, 5.41) is 0. The summed E-state index contributed by atoms with van der Waals surface area (Å²) >= 11 is 0. The van der Waals surface area contributed by atoms with E-state index in [1.807, 2.05) is 12.1 Å². The number of benzene rings is 1. The summed E-state index contributed by atoms with van der Waals surface area (Å²) < 4.78 is 16.6. The molecule has 0 aliphatic carbocycles. The maximum absolute atomic E-state index is 13.7. The van der Waals surface area contributed by atoms with Crippen LogP contribution in [0.3, 0.4) is 0 Å². The lowest BCUT2D eigenvalue weighted by molar-refractivity contribution is -0.122. The molecule has 0 saturated carbocycles. The van der Waals surface area contributed by atoms with Crippen molar-refractivity contribution in [1.82, 2.24) is 4.90 Å². The van der Waals surface area contributed by atoms with Crippen LogP contribution in [-0.2, 0) is 11.2 Å². The number of ether oxygens (including phenoxy) is 3. The highest BCUT2D eigenvalue weighted by molar-refractivity contribution is 5.84. The number of ketones is 1. The molecule has 1 saturated heterocycles. The van der Waals surface area contributed by atoms with Gasteiger partial charge in [-0.15, -0.1) is 0 Å². The maximum Gasteiger partial charge on any atom is 0.140 e. The fourth-order valence-electron chi connectivity index (χ4n) is 5.72. The Bertz CT molecular complexity index is 747. The van der Waals surface area contributed by atoms with Gasteiger partial charge in [0.2, 0.25) is 0 Å². The van der Waals surface area contributed by atoms with Crippen LogP contribution < -0.4 is 14.2 Å². The van der Waals surface area contributed by atoms with Crippen LogP contribution in [0, 0.1) is 11.8 Å². The van der Waals surface area contributed by atoms with Crippen LogP contribution in [0.1, 0.15) is 116 Å². The van der Waals surface area contributed by atoms with E-state index >= 15 is 0 Å². The van der Waals surface area contributed by atoms with Gasteiger partial charge in [-0.1, -0.05) is 84.5 Å². The molecule has 1 aliphatic heterocycles. The largest absolute Gasteiger partial charge is 0.496 e. The molecule has 1 aliphatic rings. The quantitative estimate of drug-likeness (QED) is 0.149. The SMILES string of the molecule is CCCCCCCCCCCCCC(CCN1CCC(C)CC1)C(=O)Cc1c(OC)cc(OC)cc1OC. The second kappa shape index (κ2) is 19.3. The Balaban J connectivity index is 1.89. The monoisotopic (exact) mass is 531 g/mol. The van der Waals surface area contributed by atoms with E-state index in [4.69, 9.17) is 14.2 Å². The van der Waals surface area contributed by atoms with Gasteiger partial charge in [-0.3, -0.25) is 4.79 Å². The molecular weight excluding hydrogens is 474 g/mol. The molecule has 5 heteroatoms. The van der Waals surface area contributed by atoms with Crippen molar-refractivity contribution in [3.63, 3.8) is 0 Å². The van der Waals surface area contributed by atoms with E-state index in [0.29, 0.717) is 29.5 Å². The number of carbonyl (C=O) groups excluding carboxylic acids is 1. The van der Waals surface area contributed by atoms with Crippen molar-refractivity contribution >= 4 is 5.78 Å². The lowest BCUT2D eigenvalue weighted by atomic mass is 9.88. The molecule has 1 aromatic rings. The Morgan fingerprint density at radius 3 is 1.84 bits per heavy atom. The molecule has 38 heavy (non-hydrogen) atoms. The molecule has 1 fully saturated rings. The van der Waals surface area contributed by atoms with Crippen molar-refractivity contribution in [1.29, 1.82) is 0 Å². The van der Waals surface area contributed by atoms with Gasteiger partial charge in [0.25, 0.3) is 0 Å². The number of Topliss-reactive ketones (excluding diaryl/α,β-unsaturated/α-hetero) is 1. The van der Waals surface area contributed by atoms with Crippen LogP contribution in [0.25, 0.3) is 0 Å². The van der Waals surface area contributed by atoms with Crippen LogP contribution in [0.15, 0.2) is 12.1 Å². The molecule has 1 unspecified atom stereocenters. The summed E-state index contributed by atoms with van der Waals surface area (Å²) in [6.07, 6.45) is 19.5. The topological polar surface area (TPSA) is 48.0 Å². The normalized spacial score (nSPS) is 15.4. The summed E-state index contributed by atoms with van der Waals surface area (Å²) in [4.78, 5) is 16.2. The molecule has 0 aromatic heterocycles. The van der Waals surface area contributed by atoms with Gasteiger partial charge in [-0.2, -0.15) is 0 Å². The Hall–Kier alpha value is -1.75. The standard InChI is InChI=1S/C33H57NO4/c1-6-7-8-9-10-11-12-13-14-15-16-17-28(20-23-34-21-18-27(2)19-22-34)31(35)26-30-32(37-4)24-29(36-3)25-33(30)38-5/h24-25,27-28H,6-23,26H2,1-5H3. The maximum atomic E-state index is 13.7. The van der Waals surface area contributed by atoms with Crippen LogP contribution in [-0.4, -0.2) is 51.6 Å². The second-order valence-corrected chi connectivity index (χ2v) is 11.5. The van der Waals surface area contributed by atoms with E-state index in [9.17, 15) is 4.79 Å². The Kier molecular flexibility index (Phi) is 16.5. The van der Waals surface area contributed by atoms with E-state index in [1.54, 1.807) is 21.3 Å². The van der Waals surface area contributed by atoms with Crippen LogP contribution in [0.4, 0.5) is 0 Å². The van der Waals surface area contributed by atoms with Crippen molar-refractivity contribution < 1.29 is 19.0 Å². The molecule has 218 valence electrons. The Labute approximate surface area is 234 Å². The summed E-state index contributed by atoms with van der Waals surface area (Å²) in [5.74, 6) is 3.22. The first-order chi connectivity index (χ1) is 18.5. The smallest absolute Gasteiger partial charge is 0.140 e. The third kappa shape index (κ3) is 12.0. The predicted molar refractivity (Wildman–Crippen MR) is 159 cm³/mol. The molecule has 0 amide bonds. The van der Waals surface area contributed by atoms with Gasteiger partial charge >= 0.3 is 0 Å². The van der Waals surface area contributed by atoms with Crippen LogP contribution in [0.5, 0.6) is 17.2 Å². The highest BCUT2D eigenvalue weighted by Crippen LogP contribution is 2.35. The molecule has 5 nitrogen and oxygen atoms in total. The number of likely N-dealkylation sites (tertiary alicyclic amines) is 1. The number of piperidine rings is 1. The first-order valence-electron chi connectivity index (χ1n) is 15.6. The van der Waals surface area contributed by atoms with E-state index in [1.165, 1.54) is 90.1 Å². The minimum Gasteiger partial charge on any atom is -0.496 e. The lowest BCUT2D eigenvalue weighted by Crippen LogP contribution is -2.35. The molecule has 0 spiro atoms. The van der Waals surface area contributed by atoms with Crippen molar-refractivity contribution in [2.75, 3.05) is 41.0 Å². The molecule has 1 atom stereocenters. The van der Waals surface area contributed by atoms with Gasteiger partial charge in [-0.25, -0.2) is 0 Å². The van der Waals surface area contributed by atoms with E-state index in [0.717, 1.165) is 37.3 Å². The zero-order valence-electron chi connectivity index (χ0n) is 25.3. The van der Waals surface area contributed by atoms with E-state index in [2.05, 4.69) is 18.7 Å². The Morgan fingerprint density at radius 2 is 1.34 bits per heavy atom. The Morgan fingerprint density at radius 1 is 0.816 bits per heavy atom. The number of rotatable bonds is 21. The zero-order chi connectivity index (χ0) is 27.6. The average Bonchev–Trinajstić information content (AvgIpc) is 2.94. The van der Waals surface area contributed by atoms with Gasteiger partial charge < -0.3 is 19.1 Å². The molecule has 1 heterocycles. The van der Waals surface area contributed by atoms with Gasteiger partial charge in [0.1, 0.15) is 23.0 Å². The van der Waals surface area contributed by atoms with Crippen molar-refractivity contribution in [2.45, 2.75) is 117 Å². The number of nitrogens with zero attached hydrogens (tertiary/aromatic N) is 1. The van der Waals surface area contributed by atoms with Gasteiger partial charge in [-0.05, 0) is 51.2 Å². The van der Waals surface area contributed by atoms with Gasteiger partial charge in [0, 0.05) is 30.0 Å². The summed E-state index contributed by atoms with van der Waals surface area (Å²) in [6, 6.07) is 3.69. The van der Waals surface area contributed by atoms with Crippen LogP contribution >= 0.6 is 0 Å². The number of unbranched alkanes of at least 4 members (excludes halogenated alkanes) is 10. The lowest BCUT2D eigenvalue weighted by Gasteiger charge is -2.31. The number of hydrogen-bond donors (Lipinski definition) is 0. The third-order valence-corrected chi connectivity index (χ3v) is 8.45. The fraction of sp³-hybridized carbons (Fsp3) is 0.788. The first kappa shape index (κ1) is 32.5. The van der Waals surface area contributed by atoms with E-state index in [-0.39, 0.29) is 5.92 Å². The predicted octanol–water partition coefficient (Wildman–Crippen LogP) is 8.26. The molecule has 0 N–H and O–H groups in total. The minimum atomic E-state index is 0.0874. The molecular formula is C33H57NO4. The number of methoxy groups -OCH3 is 3. The average molecular weight is 532 g/mol. The highest BCUT2D eigenvalue weighted by atomic mass is 16.5. The number of carbonyl (C=O) groups is 1. The first-order valence-corrected chi connectivity index (χ1v) is 15.6. The third-order valence-electron chi connectivity index (χ3n) is 8.45. The molecule has 1 aromatic carbocycles. The highest BCUT2D eigenvalue weighted by Gasteiger charge is 2.24. The minimum absolute atomic E-state index is 0.0874. The fourth-order valence-corrected chi connectivity index (χ4v) is 5.72. The molecule has 0 bridgehead atoms. The van der Waals surface area contributed by atoms with Crippen LogP contribution in [0.2, 0.25) is 0 Å². The second-order valence-electron chi connectivity index (χ2n) is 11.5. The molecule has 2 rings (SSSR count). The zero-order valence-corrected chi connectivity index (χ0v) is 25.3. The van der Waals surface area contributed by atoms with Crippen molar-refractivity contribution in [2.24, 2.45) is 11.8 Å². The van der Waals surface area contributed by atoms with Crippen molar-refractivity contribution in [3.05, 3.63) is 17.7 Å². The van der Waals surface area contributed by atoms with Gasteiger partial charge in [0.05, 0.1) is 21.3 Å². The van der Waals surface area contributed by atoms with Crippen molar-refractivity contribution in [3.8, 4) is 17.2 Å². The summed E-state index contributed by atoms with van der Waals surface area (Å²) in [5.41, 5.74) is 0.830. The van der Waals surface area contributed by atoms with E-state index < -0.39 is 0 Å². The number of hydrogen-bond acceptors (Lipinski definition) is 5.